The minimum Gasteiger partial charge on any atom is -0.478 e. The van der Waals surface area contributed by atoms with E-state index in [0.29, 0.717) is 28.4 Å². The van der Waals surface area contributed by atoms with Crippen LogP contribution in [0.2, 0.25) is 0 Å². The fourth-order valence-corrected chi connectivity index (χ4v) is 3.29. The third-order valence-corrected chi connectivity index (χ3v) is 4.74. The average Bonchev–Trinajstić information content (AvgIpc) is 3.23. The number of nitrogens with one attached hydrogen (secondary N) is 1. The second-order valence-electron chi connectivity index (χ2n) is 6.01. The Balaban J connectivity index is 1.94. The number of aromatic nitrogens is 2. The Labute approximate surface area is 167 Å². The van der Waals surface area contributed by atoms with Crippen LogP contribution in [0.1, 0.15) is 15.9 Å². The van der Waals surface area contributed by atoms with E-state index in [1.54, 1.807) is 18.3 Å². The van der Waals surface area contributed by atoms with Crippen molar-refractivity contribution in [1.29, 1.82) is 0 Å². The summed E-state index contributed by atoms with van der Waals surface area (Å²) in [6, 6.07) is 10.4. The van der Waals surface area contributed by atoms with Crippen molar-refractivity contribution in [3.63, 3.8) is 0 Å². The van der Waals surface area contributed by atoms with Crippen LogP contribution in [0.4, 0.5) is 11.4 Å². The molecule has 0 bridgehead atoms. The van der Waals surface area contributed by atoms with E-state index in [2.05, 4.69) is 31.2 Å². The van der Waals surface area contributed by atoms with Crippen LogP contribution in [0.3, 0.4) is 0 Å². The van der Waals surface area contributed by atoms with Crippen LogP contribution in [-0.2, 0) is 6.61 Å². The molecule has 0 saturated carbocycles. The van der Waals surface area contributed by atoms with E-state index in [4.69, 9.17) is 4.42 Å². The van der Waals surface area contributed by atoms with Crippen molar-refractivity contribution in [2.45, 2.75) is 6.61 Å². The number of aliphatic hydroxyl groups excluding tert-OH is 1. The van der Waals surface area contributed by atoms with Gasteiger partial charge in [0.2, 0.25) is 5.89 Å². The Morgan fingerprint density at radius 3 is 2.75 bits per heavy atom. The van der Waals surface area contributed by atoms with Crippen molar-refractivity contribution >= 4 is 44.2 Å². The summed E-state index contributed by atoms with van der Waals surface area (Å²) in [6.45, 7) is -0.243. The van der Waals surface area contributed by atoms with Crippen LogP contribution in [0.15, 0.2) is 63.9 Å². The van der Waals surface area contributed by atoms with Gasteiger partial charge in [-0.2, -0.15) is 0 Å². The molecule has 0 saturated heterocycles. The van der Waals surface area contributed by atoms with Gasteiger partial charge < -0.3 is 19.9 Å². The number of anilines is 2. The lowest BCUT2D eigenvalue weighted by Crippen LogP contribution is -2.05. The Morgan fingerprint density at radius 1 is 1.18 bits per heavy atom. The topological polar surface area (TPSA) is 108 Å². The summed E-state index contributed by atoms with van der Waals surface area (Å²) in [7, 11) is 0. The van der Waals surface area contributed by atoms with Crippen LogP contribution >= 0.6 is 15.9 Å². The number of rotatable bonds is 5. The number of carboxylic acid groups (broad SMARTS) is 1. The molecule has 28 heavy (non-hydrogen) atoms. The molecule has 8 heteroatoms. The number of benzene rings is 2. The molecule has 7 nitrogen and oxygen atoms in total. The van der Waals surface area contributed by atoms with Gasteiger partial charge in [-0.05, 0) is 35.9 Å². The minimum absolute atomic E-state index is 0.0462. The van der Waals surface area contributed by atoms with Crippen molar-refractivity contribution in [3.8, 4) is 11.5 Å². The largest absolute Gasteiger partial charge is 0.478 e. The number of halogens is 1. The zero-order chi connectivity index (χ0) is 19.7. The summed E-state index contributed by atoms with van der Waals surface area (Å²) < 4.78 is 6.29. The third-order valence-electron chi connectivity index (χ3n) is 4.25. The van der Waals surface area contributed by atoms with E-state index in [-0.39, 0.29) is 12.2 Å². The summed E-state index contributed by atoms with van der Waals surface area (Å²) in [5.74, 6) is -0.740. The number of oxazole rings is 1. The molecule has 0 aliphatic rings. The molecule has 0 amide bonds. The molecule has 3 N–H and O–H groups in total. The highest BCUT2D eigenvalue weighted by molar-refractivity contribution is 9.10. The predicted octanol–water partition coefficient (Wildman–Crippen LogP) is 4.59. The van der Waals surface area contributed by atoms with Crippen molar-refractivity contribution in [1.82, 2.24) is 9.97 Å². The van der Waals surface area contributed by atoms with Gasteiger partial charge in [-0.25, -0.2) is 9.78 Å². The quantitative estimate of drug-likeness (QED) is 0.417. The van der Waals surface area contributed by atoms with Crippen LogP contribution < -0.4 is 5.32 Å². The number of aromatic carboxylic acids is 1. The highest BCUT2D eigenvalue weighted by Crippen LogP contribution is 2.37. The molecule has 2 aromatic carbocycles. The van der Waals surface area contributed by atoms with E-state index < -0.39 is 5.97 Å². The smallest absolute Gasteiger partial charge is 0.337 e. The Morgan fingerprint density at radius 2 is 2.04 bits per heavy atom. The first-order valence-electron chi connectivity index (χ1n) is 8.29. The molecule has 0 fully saturated rings. The maximum atomic E-state index is 11.7. The van der Waals surface area contributed by atoms with Gasteiger partial charge in [0.1, 0.15) is 6.26 Å². The van der Waals surface area contributed by atoms with E-state index in [9.17, 15) is 15.0 Å². The summed E-state index contributed by atoms with van der Waals surface area (Å²) >= 11 is 3.47. The predicted molar refractivity (Wildman–Crippen MR) is 108 cm³/mol. The number of carboxylic acids is 1. The molecule has 2 aromatic heterocycles. The fourth-order valence-electron chi connectivity index (χ4n) is 2.93. The van der Waals surface area contributed by atoms with E-state index in [0.717, 1.165) is 15.4 Å². The van der Waals surface area contributed by atoms with Gasteiger partial charge >= 0.3 is 5.97 Å². The number of pyridine rings is 1. The van der Waals surface area contributed by atoms with Crippen molar-refractivity contribution in [2.24, 2.45) is 0 Å². The Hall–Kier alpha value is -3.23. The fraction of sp³-hybridized carbons (Fsp3) is 0.0500. The van der Waals surface area contributed by atoms with Gasteiger partial charge in [-0.15, -0.1) is 0 Å². The van der Waals surface area contributed by atoms with Crippen LogP contribution in [0.5, 0.6) is 0 Å². The Kier molecular flexibility index (Phi) is 4.81. The first-order chi connectivity index (χ1) is 13.6. The highest BCUT2D eigenvalue weighted by atomic mass is 79.9. The maximum absolute atomic E-state index is 11.7. The second-order valence-corrected chi connectivity index (χ2v) is 6.93. The van der Waals surface area contributed by atoms with Crippen molar-refractivity contribution < 1.29 is 19.4 Å². The molecular formula is C20H14BrN3O4. The van der Waals surface area contributed by atoms with Gasteiger partial charge in [0.05, 0.1) is 40.8 Å². The monoisotopic (exact) mass is 439 g/mol. The minimum atomic E-state index is -1.10. The van der Waals surface area contributed by atoms with E-state index in [1.807, 2.05) is 18.2 Å². The van der Waals surface area contributed by atoms with Crippen molar-refractivity contribution in [2.75, 3.05) is 5.32 Å². The number of carbonyl (C=O) groups is 1. The zero-order valence-corrected chi connectivity index (χ0v) is 16.0. The maximum Gasteiger partial charge on any atom is 0.337 e. The highest BCUT2D eigenvalue weighted by Gasteiger charge is 2.18. The normalized spacial score (nSPS) is 10.9. The first kappa shape index (κ1) is 18.1. The number of nitrogens with zero attached hydrogens (tertiary/aromatic N) is 2. The lowest BCUT2D eigenvalue weighted by molar-refractivity contribution is 0.0698. The lowest BCUT2D eigenvalue weighted by atomic mass is 10.1. The molecule has 0 atom stereocenters. The lowest BCUT2D eigenvalue weighted by Gasteiger charge is -2.15. The molecular weight excluding hydrogens is 426 g/mol. The first-order valence-corrected chi connectivity index (χ1v) is 9.08. The van der Waals surface area contributed by atoms with E-state index >= 15 is 0 Å². The average molecular weight is 440 g/mol. The molecule has 140 valence electrons. The summed E-state index contributed by atoms with van der Waals surface area (Å²) in [5.41, 5.74) is 2.88. The molecule has 2 heterocycles. The van der Waals surface area contributed by atoms with Crippen molar-refractivity contribution in [3.05, 3.63) is 70.7 Å². The molecule has 0 spiro atoms. The summed E-state index contributed by atoms with van der Waals surface area (Å²) in [4.78, 5) is 20.4. The van der Waals surface area contributed by atoms with Crippen LogP contribution in [-0.4, -0.2) is 26.2 Å². The molecule has 4 aromatic rings. The molecule has 4 rings (SSSR count). The molecule has 0 radical (unpaired) electrons. The van der Waals surface area contributed by atoms with Gasteiger partial charge in [0.15, 0.2) is 0 Å². The molecule has 0 aliphatic heterocycles. The summed E-state index contributed by atoms with van der Waals surface area (Å²) in [6.07, 6.45) is 4.62. The summed E-state index contributed by atoms with van der Waals surface area (Å²) in [5, 5.41) is 22.9. The number of hydrogen-bond donors (Lipinski definition) is 3. The van der Waals surface area contributed by atoms with Gasteiger partial charge in [0, 0.05) is 16.1 Å². The van der Waals surface area contributed by atoms with Gasteiger partial charge in [-0.3, -0.25) is 4.98 Å². The number of fused-ring (bicyclic) bond motifs is 1. The Bertz CT molecular complexity index is 1180. The van der Waals surface area contributed by atoms with E-state index in [1.165, 1.54) is 18.5 Å². The second kappa shape index (κ2) is 7.41. The van der Waals surface area contributed by atoms with Crippen LogP contribution in [0.25, 0.3) is 22.4 Å². The molecule has 0 unspecified atom stereocenters. The molecule has 0 aliphatic carbocycles. The third kappa shape index (κ3) is 3.35. The SMILES string of the molecule is O=C(O)c1cc(CO)ccc1Nc1c(-c2ncco2)cnc2ccc(Br)cc12. The zero-order valence-electron chi connectivity index (χ0n) is 14.4. The standard InChI is InChI=1S/C20H14BrN3O4/c21-12-2-4-16-13(8-12)18(15(9-23-16)19-22-5-6-28-19)24-17-3-1-11(10-25)7-14(17)20(26)27/h1-9,25H,10H2,(H,23,24)(H,26,27). The van der Waals surface area contributed by atoms with Gasteiger partial charge in [0.25, 0.3) is 0 Å². The number of aliphatic hydroxyl groups is 1. The number of hydrogen-bond acceptors (Lipinski definition) is 6. The van der Waals surface area contributed by atoms with Gasteiger partial charge in [-0.1, -0.05) is 22.0 Å². The van der Waals surface area contributed by atoms with Crippen LogP contribution in [0, 0.1) is 0 Å².